The molecule has 0 aliphatic heterocycles. The highest BCUT2D eigenvalue weighted by Gasteiger charge is 2.12. The van der Waals surface area contributed by atoms with Crippen LogP contribution in [-0.2, 0) is 35.7 Å². The molecule has 0 unspecified atom stereocenters. The summed E-state index contributed by atoms with van der Waals surface area (Å²) in [6, 6.07) is 12.0. The van der Waals surface area contributed by atoms with Crippen LogP contribution in [0.2, 0.25) is 0 Å². The Morgan fingerprint density at radius 3 is 2.55 bits per heavy atom. The molecule has 0 saturated heterocycles. The SMILES string of the molecule is CN=C(NCc1cc(F)ccc1CS(C)(=O)=O)NCc1nc2ccccc2n1C. The minimum absolute atomic E-state index is 0.143. The van der Waals surface area contributed by atoms with E-state index in [-0.39, 0.29) is 12.3 Å². The lowest BCUT2D eigenvalue weighted by atomic mass is 10.1. The maximum atomic E-state index is 13.7. The second-order valence-electron chi connectivity index (χ2n) is 6.84. The fourth-order valence-corrected chi connectivity index (χ4v) is 3.94. The van der Waals surface area contributed by atoms with Gasteiger partial charge in [-0.1, -0.05) is 18.2 Å². The van der Waals surface area contributed by atoms with Crippen molar-refractivity contribution in [2.24, 2.45) is 12.0 Å². The molecule has 29 heavy (non-hydrogen) atoms. The average molecular weight is 418 g/mol. The summed E-state index contributed by atoms with van der Waals surface area (Å²) in [4.78, 5) is 8.78. The van der Waals surface area contributed by atoms with Crippen LogP contribution in [0, 0.1) is 5.82 Å². The highest BCUT2D eigenvalue weighted by atomic mass is 32.2. The van der Waals surface area contributed by atoms with E-state index in [1.807, 2.05) is 35.9 Å². The lowest BCUT2D eigenvalue weighted by Crippen LogP contribution is -2.37. The standard InChI is InChI=1S/C20H24FN5O2S/c1-22-20(24-12-19-25-17-6-4-5-7-18(17)26(19)2)23-11-15-10-16(21)9-8-14(15)13-29(3,27)28/h4-10H,11-13H2,1-3H3,(H2,22,23,24). The Kier molecular flexibility index (Phi) is 6.17. The molecule has 0 aliphatic rings. The molecule has 0 aliphatic carbocycles. The molecular formula is C20H24FN5O2S. The normalized spacial score (nSPS) is 12.3. The second-order valence-corrected chi connectivity index (χ2v) is 8.98. The van der Waals surface area contributed by atoms with Crippen LogP contribution in [-0.4, -0.2) is 37.2 Å². The van der Waals surface area contributed by atoms with Crippen molar-refractivity contribution < 1.29 is 12.8 Å². The molecule has 0 spiro atoms. The summed E-state index contributed by atoms with van der Waals surface area (Å²) in [5, 5.41) is 6.29. The number of hydrogen-bond donors (Lipinski definition) is 2. The van der Waals surface area contributed by atoms with Crippen molar-refractivity contribution in [1.29, 1.82) is 0 Å². The number of aliphatic imine (C=N–C) groups is 1. The van der Waals surface area contributed by atoms with E-state index in [0.29, 0.717) is 23.6 Å². The lowest BCUT2D eigenvalue weighted by Gasteiger charge is -2.14. The van der Waals surface area contributed by atoms with Gasteiger partial charge in [0.25, 0.3) is 0 Å². The Morgan fingerprint density at radius 2 is 1.86 bits per heavy atom. The van der Waals surface area contributed by atoms with Gasteiger partial charge in [-0.2, -0.15) is 0 Å². The first kappa shape index (κ1) is 20.8. The number of aryl methyl sites for hydroxylation is 1. The zero-order chi connectivity index (χ0) is 21.0. The van der Waals surface area contributed by atoms with Crippen LogP contribution in [0.4, 0.5) is 4.39 Å². The van der Waals surface area contributed by atoms with E-state index < -0.39 is 15.7 Å². The molecule has 9 heteroatoms. The Labute approximate surface area is 169 Å². The van der Waals surface area contributed by atoms with Gasteiger partial charge < -0.3 is 15.2 Å². The van der Waals surface area contributed by atoms with E-state index in [0.717, 1.165) is 23.1 Å². The fraction of sp³-hybridized carbons (Fsp3) is 0.300. The Balaban J connectivity index is 1.68. The monoisotopic (exact) mass is 417 g/mol. The van der Waals surface area contributed by atoms with E-state index in [2.05, 4.69) is 20.6 Å². The zero-order valence-electron chi connectivity index (χ0n) is 16.6. The molecule has 0 atom stereocenters. The van der Waals surface area contributed by atoms with E-state index in [9.17, 15) is 12.8 Å². The van der Waals surface area contributed by atoms with E-state index in [1.54, 1.807) is 7.05 Å². The number of guanidine groups is 1. The number of nitrogens with zero attached hydrogens (tertiary/aromatic N) is 3. The van der Waals surface area contributed by atoms with Crippen molar-refractivity contribution in [2.75, 3.05) is 13.3 Å². The number of hydrogen-bond acceptors (Lipinski definition) is 4. The van der Waals surface area contributed by atoms with Crippen LogP contribution in [0.5, 0.6) is 0 Å². The van der Waals surface area contributed by atoms with Gasteiger partial charge in [-0.05, 0) is 35.4 Å². The molecule has 0 fully saturated rings. The molecule has 0 amide bonds. The molecule has 0 radical (unpaired) electrons. The third-order valence-electron chi connectivity index (χ3n) is 4.55. The van der Waals surface area contributed by atoms with E-state index in [4.69, 9.17) is 0 Å². The van der Waals surface area contributed by atoms with Crippen molar-refractivity contribution >= 4 is 26.8 Å². The average Bonchev–Trinajstić information content (AvgIpc) is 2.99. The van der Waals surface area contributed by atoms with Gasteiger partial charge in [-0.15, -0.1) is 0 Å². The Morgan fingerprint density at radius 1 is 1.14 bits per heavy atom. The molecule has 7 nitrogen and oxygen atoms in total. The van der Waals surface area contributed by atoms with Crippen LogP contribution < -0.4 is 10.6 Å². The first-order chi connectivity index (χ1) is 13.8. The van der Waals surface area contributed by atoms with Gasteiger partial charge in [-0.25, -0.2) is 17.8 Å². The van der Waals surface area contributed by atoms with Crippen LogP contribution in [0.3, 0.4) is 0 Å². The van der Waals surface area contributed by atoms with E-state index >= 15 is 0 Å². The third-order valence-corrected chi connectivity index (χ3v) is 5.38. The van der Waals surface area contributed by atoms with Crippen molar-refractivity contribution in [3.8, 4) is 0 Å². The van der Waals surface area contributed by atoms with Gasteiger partial charge in [0.1, 0.15) is 11.6 Å². The molecule has 1 aromatic heterocycles. The minimum Gasteiger partial charge on any atom is -0.352 e. The minimum atomic E-state index is -3.23. The summed E-state index contributed by atoms with van der Waals surface area (Å²) in [7, 11) is 0.356. The fourth-order valence-electron chi connectivity index (χ4n) is 3.10. The van der Waals surface area contributed by atoms with Gasteiger partial charge in [-0.3, -0.25) is 4.99 Å². The predicted octanol–water partition coefficient (Wildman–Crippen LogP) is 2.12. The molecule has 0 bridgehead atoms. The quantitative estimate of drug-likeness (QED) is 0.474. The van der Waals surface area contributed by atoms with Gasteiger partial charge in [0.15, 0.2) is 15.8 Å². The lowest BCUT2D eigenvalue weighted by molar-refractivity contribution is 0.599. The van der Waals surface area contributed by atoms with Gasteiger partial charge in [0.2, 0.25) is 0 Å². The number of fused-ring (bicyclic) bond motifs is 1. The smallest absolute Gasteiger partial charge is 0.191 e. The molecule has 2 N–H and O–H groups in total. The molecule has 0 saturated carbocycles. The number of aromatic nitrogens is 2. The second kappa shape index (κ2) is 8.60. The van der Waals surface area contributed by atoms with Crippen molar-refractivity contribution in [2.45, 2.75) is 18.8 Å². The summed E-state index contributed by atoms with van der Waals surface area (Å²) in [5.41, 5.74) is 3.09. The molecular weight excluding hydrogens is 393 g/mol. The predicted molar refractivity (Wildman–Crippen MR) is 113 cm³/mol. The summed E-state index contributed by atoms with van der Waals surface area (Å²) >= 11 is 0. The Bertz CT molecular complexity index is 1150. The van der Waals surface area contributed by atoms with Crippen molar-refractivity contribution in [3.63, 3.8) is 0 Å². The van der Waals surface area contributed by atoms with E-state index in [1.165, 1.54) is 18.2 Å². The number of imidazole rings is 1. The Hall–Kier alpha value is -2.94. The maximum absolute atomic E-state index is 13.7. The number of rotatable bonds is 6. The summed E-state index contributed by atoms with van der Waals surface area (Å²) in [6.07, 6.45) is 1.16. The van der Waals surface area contributed by atoms with Crippen LogP contribution in [0.15, 0.2) is 47.5 Å². The zero-order valence-corrected chi connectivity index (χ0v) is 17.4. The first-order valence-corrected chi connectivity index (χ1v) is 11.1. The summed E-state index contributed by atoms with van der Waals surface area (Å²) in [6.45, 7) is 0.690. The van der Waals surface area contributed by atoms with Gasteiger partial charge in [0, 0.05) is 26.9 Å². The maximum Gasteiger partial charge on any atom is 0.191 e. The molecule has 154 valence electrons. The highest BCUT2D eigenvalue weighted by molar-refractivity contribution is 7.89. The topological polar surface area (TPSA) is 88.4 Å². The largest absolute Gasteiger partial charge is 0.352 e. The third kappa shape index (κ3) is 5.32. The highest BCUT2D eigenvalue weighted by Crippen LogP contribution is 2.15. The summed E-state index contributed by atoms with van der Waals surface area (Å²) < 4.78 is 38.9. The van der Waals surface area contributed by atoms with Crippen molar-refractivity contribution in [1.82, 2.24) is 20.2 Å². The first-order valence-electron chi connectivity index (χ1n) is 9.06. The van der Waals surface area contributed by atoms with Gasteiger partial charge in [0.05, 0.1) is 23.3 Å². The van der Waals surface area contributed by atoms with Crippen LogP contribution in [0.25, 0.3) is 11.0 Å². The van der Waals surface area contributed by atoms with Gasteiger partial charge >= 0.3 is 0 Å². The summed E-state index contributed by atoms with van der Waals surface area (Å²) in [5.74, 6) is 0.793. The molecule has 2 aromatic carbocycles. The molecule has 3 aromatic rings. The van der Waals surface area contributed by atoms with Crippen LogP contribution >= 0.6 is 0 Å². The number of para-hydroxylation sites is 2. The number of sulfone groups is 1. The number of benzene rings is 2. The molecule has 1 heterocycles. The number of nitrogens with one attached hydrogen (secondary N) is 2. The molecule has 3 rings (SSSR count). The van der Waals surface area contributed by atoms with Crippen LogP contribution in [0.1, 0.15) is 17.0 Å². The van der Waals surface area contributed by atoms with Crippen molar-refractivity contribution in [3.05, 3.63) is 65.2 Å². The number of halogens is 1.